The van der Waals surface area contributed by atoms with Crippen molar-refractivity contribution in [2.45, 2.75) is 39.5 Å². The van der Waals surface area contributed by atoms with Crippen LogP contribution in [0.1, 0.15) is 43.9 Å². The molecule has 0 saturated heterocycles. The second kappa shape index (κ2) is 7.62. The van der Waals surface area contributed by atoms with Gasteiger partial charge < -0.3 is 10.6 Å². The molecule has 0 radical (unpaired) electrons. The predicted molar refractivity (Wildman–Crippen MR) is 111 cm³/mol. The number of aryl methyl sites for hydroxylation is 1. The number of carbonyl (C=O) groups is 2. The molecule has 0 bridgehead atoms. The van der Waals surface area contributed by atoms with E-state index in [-0.39, 0.29) is 17.6 Å². The minimum absolute atomic E-state index is 0.0894. The van der Waals surface area contributed by atoms with Crippen LogP contribution in [0.15, 0.2) is 65.3 Å². The Hall–Kier alpha value is -3.28. The molecule has 2 atom stereocenters. The Labute approximate surface area is 170 Å². The molecule has 0 aromatic carbocycles. The average molecular weight is 388 g/mol. The van der Waals surface area contributed by atoms with E-state index >= 15 is 0 Å². The van der Waals surface area contributed by atoms with Crippen molar-refractivity contribution in [2.24, 2.45) is 5.92 Å². The third-order valence-corrected chi connectivity index (χ3v) is 5.42. The molecule has 0 unspecified atom stereocenters. The normalized spacial score (nSPS) is 21.6. The monoisotopic (exact) mass is 388 g/mol. The van der Waals surface area contributed by atoms with Gasteiger partial charge in [0, 0.05) is 53.0 Å². The number of ketones is 1. The number of aromatic nitrogens is 2. The van der Waals surface area contributed by atoms with Gasteiger partial charge in [-0.3, -0.25) is 14.6 Å². The molecule has 29 heavy (non-hydrogen) atoms. The molecule has 0 saturated carbocycles. The van der Waals surface area contributed by atoms with Crippen molar-refractivity contribution in [3.8, 4) is 0 Å². The van der Waals surface area contributed by atoms with Gasteiger partial charge in [-0.25, -0.2) is 4.98 Å². The third-order valence-electron chi connectivity index (χ3n) is 5.42. The van der Waals surface area contributed by atoms with E-state index in [0.717, 1.165) is 29.1 Å². The minimum atomic E-state index is -0.440. The van der Waals surface area contributed by atoms with Gasteiger partial charge in [-0.2, -0.15) is 0 Å². The first-order valence-corrected chi connectivity index (χ1v) is 9.83. The number of hydrogen-bond donors (Lipinski definition) is 2. The minimum Gasteiger partial charge on any atom is -0.362 e. The summed E-state index contributed by atoms with van der Waals surface area (Å²) in [7, 11) is 0. The SMILES string of the molecule is CC1=C(C(=O)Nc2cccc(C)n2)[C@H](c2cccnc2)C2=C(C[C@H](C)CC2=O)N1. The largest absolute Gasteiger partial charge is 0.362 e. The molecule has 3 heterocycles. The zero-order valence-electron chi connectivity index (χ0n) is 16.8. The van der Waals surface area contributed by atoms with Crippen LogP contribution in [0.4, 0.5) is 5.82 Å². The summed E-state index contributed by atoms with van der Waals surface area (Å²) in [5.41, 5.74) is 4.55. The number of pyridine rings is 2. The summed E-state index contributed by atoms with van der Waals surface area (Å²) in [6.45, 7) is 5.84. The summed E-state index contributed by atoms with van der Waals surface area (Å²) in [6, 6.07) is 9.24. The summed E-state index contributed by atoms with van der Waals surface area (Å²) in [4.78, 5) is 34.9. The summed E-state index contributed by atoms with van der Waals surface area (Å²) >= 11 is 0. The van der Waals surface area contributed by atoms with Crippen molar-refractivity contribution in [2.75, 3.05) is 5.32 Å². The van der Waals surface area contributed by atoms with Crippen LogP contribution >= 0.6 is 0 Å². The average Bonchev–Trinajstić information content (AvgIpc) is 2.67. The molecule has 1 aliphatic carbocycles. The molecule has 6 nitrogen and oxygen atoms in total. The standard InChI is InChI=1S/C23H24N4O2/c1-13-10-17-22(18(28)11-13)21(16-7-5-9-24-12-16)20(15(3)26-17)23(29)27-19-8-4-6-14(2)25-19/h4-9,12-13,21,26H,10-11H2,1-3H3,(H,25,27,29)/t13-,21-/m0/s1. The Morgan fingerprint density at radius 2 is 2.00 bits per heavy atom. The highest BCUT2D eigenvalue weighted by molar-refractivity contribution is 6.09. The van der Waals surface area contributed by atoms with Gasteiger partial charge in [0.15, 0.2) is 5.78 Å². The quantitative estimate of drug-likeness (QED) is 0.839. The van der Waals surface area contributed by atoms with Gasteiger partial charge in [0.05, 0.1) is 0 Å². The van der Waals surface area contributed by atoms with Gasteiger partial charge in [0.2, 0.25) is 0 Å². The van der Waals surface area contributed by atoms with Crippen LogP contribution in [-0.2, 0) is 9.59 Å². The molecular weight excluding hydrogens is 364 g/mol. The first kappa shape index (κ1) is 19.1. The first-order chi connectivity index (χ1) is 13.9. The summed E-state index contributed by atoms with van der Waals surface area (Å²) < 4.78 is 0. The molecule has 1 amide bonds. The third kappa shape index (κ3) is 3.70. The molecule has 2 aliphatic rings. The Balaban J connectivity index is 1.78. The smallest absolute Gasteiger partial charge is 0.255 e. The first-order valence-electron chi connectivity index (χ1n) is 9.83. The second-order valence-corrected chi connectivity index (χ2v) is 7.83. The van der Waals surface area contributed by atoms with E-state index in [0.29, 0.717) is 23.4 Å². The van der Waals surface area contributed by atoms with E-state index in [1.165, 1.54) is 0 Å². The number of Topliss-reactive ketones (excluding diaryl/α,β-unsaturated/α-hetero) is 1. The molecule has 2 aromatic heterocycles. The molecule has 0 fully saturated rings. The van der Waals surface area contributed by atoms with Gasteiger partial charge in [-0.1, -0.05) is 19.1 Å². The molecule has 0 spiro atoms. The molecule has 4 rings (SSSR count). The second-order valence-electron chi connectivity index (χ2n) is 7.83. The Morgan fingerprint density at radius 1 is 1.17 bits per heavy atom. The van der Waals surface area contributed by atoms with Crippen molar-refractivity contribution in [1.29, 1.82) is 0 Å². The van der Waals surface area contributed by atoms with Gasteiger partial charge in [-0.15, -0.1) is 0 Å². The van der Waals surface area contributed by atoms with E-state index in [1.807, 2.05) is 38.1 Å². The van der Waals surface area contributed by atoms with Gasteiger partial charge in [-0.05, 0) is 49.9 Å². The fraction of sp³-hybridized carbons (Fsp3) is 0.304. The van der Waals surface area contributed by atoms with Gasteiger partial charge in [0.25, 0.3) is 5.91 Å². The summed E-state index contributed by atoms with van der Waals surface area (Å²) in [6.07, 6.45) is 4.71. The molecule has 2 N–H and O–H groups in total. The van der Waals surface area contributed by atoms with Crippen LogP contribution in [0.25, 0.3) is 0 Å². The van der Waals surface area contributed by atoms with Crippen LogP contribution in [0, 0.1) is 12.8 Å². The summed E-state index contributed by atoms with van der Waals surface area (Å²) in [5, 5.41) is 6.24. The highest BCUT2D eigenvalue weighted by Gasteiger charge is 2.39. The number of allylic oxidation sites excluding steroid dienone is 3. The fourth-order valence-corrected chi connectivity index (χ4v) is 4.21. The number of carbonyl (C=O) groups excluding carboxylic acids is 2. The van der Waals surface area contributed by atoms with Crippen LogP contribution in [-0.4, -0.2) is 21.7 Å². The number of nitrogens with zero attached hydrogens (tertiary/aromatic N) is 2. The van der Waals surface area contributed by atoms with Gasteiger partial charge >= 0.3 is 0 Å². The van der Waals surface area contributed by atoms with Crippen molar-refractivity contribution in [1.82, 2.24) is 15.3 Å². The van der Waals surface area contributed by atoms with E-state index in [1.54, 1.807) is 18.5 Å². The van der Waals surface area contributed by atoms with Crippen molar-refractivity contribution in [3.05, 3.63) is 76.5 Å². The van der Waals surface area contributed by atoms with Crippen molar-refractivity contribution >= 4 is 17.5 Å². The highest BCUT2D eigenvalue weighted by atomic mass is 16.2. The maximum Gasteiger partial charge on any atom is 0.255 e. The Kier molecular flexibility index (Phi) is 5.01. The van der Waals surface area contributed by atoms with Crippen molar-refractivity contribution < 1.29 is 9.59 Å². The zero-order chi connectivity index (χ0) is 20.5. The lowest BCUT2D eigenvalue weighted by Gasteiger charge is -2.36. The maximum absolute atomic E-state index is 13.3. The van der Waals surface area contributed by atoms with Gasteiger partial charge in [0.1, 0.15) is 5.82 Å². The number of anilines is 1. The molecule has 1 aliphatic heterocycles. The van der Waals surface area contributed by atoms with Crippen LogP contribution < -0.4 is 10.6 Å². The van der Waals surface area contributed by atoms with E-state index < -0.39 is 5.92 Å². The lowest BCUT2D eigenvalue weighted by atomic mass is 9.73. The predicted octanol–water partition coefficient (Wildman–Crippen LogP) is 3.64. The fourth-order valence-electron chi connectivity index (χ4n) is 4.21. The van der Waals surface area contributed by atoms with E-state index in [4.69, 9.17) is 0 Å². The lowest BCUT2D eigenvalue weighted by molar-refractivity contribution is -0.117. The number of rotatable bonds is 3. The van der Waals surface area contributed by atoms with E-state index in [2.05, 4.69) is 27.5 Å². The molecule has 2 aromatic rings. The van der Waals surface area contributed by atoms with Crippen LogP contribution in [0.3, 0.4) is 0 Å². The van der Waals surface area contributed by atoms with Crippen LogP contribution in [0.2, 0.25) is 0 Å². The highest BCUT2D eigenvalue weighted by Crippen LogP contribution is 2.43. The van der Waals surface area contributed by atoms with E-state index in [9.17, 15) is 9.59 Å². The summed E-state index contributed by atoms with van der Waals surface area (Å²) in [5.74, 6) is 0.155. The number of nitrogens with one attached hydrogen (secondary N) is 2. The van der Waals surface area contributed by atoms with Crippen molar-refractivity contribution in [3.63, 3.8) is 0 Å². The maximum atomic E-state index is 13.3. The molecule has 148 valence electrons. The lowest BCUT2D eigenvalue weighted by Crippen LogP contribution is -2.37. The number of dihydropyridines is 1. The molecule has 6 heteroatoms. The Morgan fingerprint density at radius 3 is 2.72 bits per heavy atom. The van der Waals surface area contributed by atoms with Crippen LogP contribution in [0.5, 0.6) is 0 Å². The topological polar surface area (TPSA) is 84.0 Å². The molecular formula is C23H24N4O2. The number of hydrogen-bond acceptors (Lipinski definition) is 5. The zero-order valence-corrected chi connectivity index (χ0v) is 16.8. The Bertz CT molecular complexity index is 1040. The number of amides is 1.